The minimum absolute atomic E-state index is 0.0790. The third-order valence-electron chi connectivity index (χ3n) is 10.5. The molecule has 0 atom stereocenters. The van der Waals surface area contributed by atoms with Gasteiger partial charge in [0.1, 0.15) is 12.1 Å². The average molecular weight is 682 g/mol. The second-order valence-corrected chi connectivity index (χ2v) is 16.4. The predicted molar refractivity (Wildman–Crippen MR) is 210 cm³/mol. The normalized spacial score (nSPS) is 19.8. The van der Waals surface area contributed by atoms with Crippen LogP contribution >= 0.6 is 23.1 Å². The molecule has 3 heterocycles. The van der Waals surface area contributed by atoms with Gasteiger partial charge in [0, 0.05) is 52.9 Å². The van der Waals surface area contributed by atoms with Gasteiger partial charge in [-0.25, -0.2) is 0 Å². The number of benzene rings is 3. The Morgan fingerprint density at radius 3 is 2.35 bits per heavy atom. The van der Waals surface area contributed by atoms with Crippen LogP contribution in [0.25, 0.3) is 11.6 Å². The zero-order chi connectivity index (χ0) is 34.3. The van der Waals surface area contributed by atoms with Gasteiger partial charge in [-0.05, 0) is 73.1 Å². The maximum absolute atomic E-state index is 4.84. The lowest BCUT2D eigenvalue weighted by Gasteiger charge is -2.24. The van der Waals surface area contributed by atoms with Crippen LogP contribution in [0.4, 0.5) is 11.4 Å². The smallest absolute Gasteiger partial charge is 0.209 e. The fourth-order valence-electron chi connectivity index (χ4n) is 7.76. The van der Waals surface area contributed by atoms with E-state index in [0.29, 0.717) is 0 Å². The van der Waals surface area contributed by atoms with Crippen molar-refractivity contribution < 1.29 is 4.58 Å². The molecule has 7 rings (SSSR count). The summed E-state index contributed by atoms with van der Waals surface area (Å²) in [4.78, 5) is 2.35. The molecule has 0 radical (unpaired) electrons. The third kappa shape index (κ3) is 6.10. The van der Waals surface area contributed by atoms with E-state index in [2.05, 4.69) is 155 Å². The zero-order valence-corrected chi connectivity index (χ0v) is 31.1. The quantitative estimate of drug-likeness (QED) is 0.137. The van der Waals surface area contributed by atoms with Gasteiger partial charge in [-0.1, -0.05) is 122 Å². The average Bonchev–Trinajstić information content (AvgIpc) is 3.72. The maximum atomic E-state index is 4.84. The van der Waals surface area contributed by atoms with Crippen LogP contribution in [0.1, 0.15) is 74.2 Å². The number of thioether (sulfide) groups is 1. The SMILES string of the molecule is C=Cc1ccc(CSc2nnc(C3=C(/C=C/C4=[N+](C)c5ccccc5C4(C)C)CCC/C3=C\C=C3\N(C)c4ccccc4C3(C)C)s2)cc1. The van der Waals surface area contributed by atoms with Crippen LogP contribution in [0.3, 0.4) is 0 Å². The van der Waals surface area contributed by atoms with E-state index < -0.39 is 0 Å². The summed E-state index contributed by atoms with van der Waals surface area (Å²) in [5, 5.41) is 10.5. The summed E-state index contributed by atoms with van der Waals surface area (Å²) >= 11 is 3.47. The molecule has 2 aliphatic heterocycles. The fourth-order valence-corrected chi connectivity index (χ4v) is 9.68. The molecule has 0 amide bonds. The Kier molecular flexibility index (Phi) is 8.97. The molecule has 0 spiro atoms. The third-order valence-corrected chi connectivity index (χ3v) is 12.6. The lowest BCUT2D eigenvalue weighted by atomic mass is 9.80. The Morgan fingerprint density at radius 2 is 1.61 bits per heavy atom. The monoisotopic (exact) mass is 681 g/mol. The van der Waals surface area contributed by atoms with Gasteiger partial charge in [0.2, 0.25) is 5.69 Å². The number of likely N-dealkylation sites (N-methyl/N-ethyl adjacent to an activating group) is 1. The highest BCUT2D eigenvalue weighted by atomic mass is 32.2. The van der Waals surface area contributed by atoms with E-state index in [1.165, 1.54) is 56.2 Å². The summed E-state index contributed by atoms with van der Waals surface area (Å²) in [5.41, 5.74) is 14.1. The number of hydrogen-bond acceptors (Lipinski definition) is 5. The molecule has 0 unspecified atom stereocenters. The number of hydrogen-bond donors (Lipinski definition) is 0. The van der Waals surface area contributed by atoms with Gasteiger partial charge in [-0.3, -0.25) is 0 Å². The van der Waals surface area contributed by atoms with Crippen molar-refractivity contribution in [1.29, 1.82) is 0 Å². The van der Waals surface area contributed by atoms with Crippen LogP contribution in [0.15, 0.2) is 125 Å². The zero-order valence-electron chi connectivity index (χ0n) is 29.5. The van der Waals surface area contributed by atoms with Crippen molar-refractivity contribution in [3.63, 3.8) is 0 Å². The van der Waals surface area contributed by atoms with E-state index >= 15 is 0 Å². The predicted octanol–water partition coefficient (Wildman–Crippen LogP) is 10.9. The molecule has 248 valence electrons. The summed E-state index contributed by atoms with van der Waals surface area (Å²) in [6.07, 6.45) is 14.4. The molecule has 1 aliphatic carbocycles. The standard InChI is InChI=1S/C43H45N4S2/c1-8-29-20-22-30(23-21-29)28-48-41-45-44-40(49-41)39-31(24-26-37-42(2,3)33-16-9-11-18-35(33)46(37)6)14-13-15-32(39)25-27-38-43(4,5)34-17-10-12-19-36(34)47(38)7/h8-12,16-27H,1,13-15,28H2,2-7H3/q+1. The van der Waals surface area contributed by atoms with Gasteiger partial charge in [0.25, 0.3) is 0 Å². The Morgan fingerprint density at radius 1 is 0.878 bits per heavy atom. The van der Waals surface area contributed by atoms with Crippen LogP contribution in [0.2, 0.25) is 0 Å². The largest absolute Gasteiger partial charge is 0.347 e. The number of nitrogens with zero attached hydrogens (tertiary/aromatic N) is 4. The van der Waals surface area contributed by atoms with E-state index in [1.54, 1.807) is 23.1 Å². The van der Waals surface area contributed by atoms with Gasteiger partial charge >= 0.3 is 0 Å². The molecule has 0 saturated heterocycles. The van der Waals surface area contributed by atoms with Crippen molar-refractivity contribution in [2.45, 2.75) is 67.9 Å². The number of allylic oxidation sites excluding steroid dienone is 8. The highest BCUT2D eigenvalue weighted by molar-refractivity contribution is 8.00. The van der Waals surface area contributed by atoms with Crippen molar-refractivity contribution in [2.24, 2.45) is 0 Å². The Hall–Kier alpha value is -4.26. The number of rotatable bonds is 8. The summed E-state index contributed by atoms with van der Waals surface area (Å²) in [6, 6.07) is 26.1. The van der Waals surface area contributed by atoms with Crippen molar-refractivity contribution in [3.8, 4) is 0 Å². The second kappa shape index (κ2) is 13.2. The first-order valence-electron chi connectivity index (χ1n) is 17.1. The maximum Gasteiger partial charge on any atom is 0.209 e. The molecule has 49 heavy (non-hydrogen) atoms. The Balaban J connectivity index is 1.27. The molecule has 3 aromatic carbocycles. The number of anilines is 1. The molecular weight excluding hydrogens is 637 g/mol. The molecule has 1 aromatic heterocycles. The number of aromatic nitrogens is 2. The van der Waals surface area contributed by atoms with Crippen molar-refractivity contribution in [1.82, 2.24) is 10.2 Å². The van der Waals surface area contributed by atoms with Gasteiger partial charge < -0.3 is 4.90 Å². The van der Waals surface area contributed by atoms with Crippen LogP contribution in [0, 0.1) is 0 Å². The molecule has 0 fully saturated rings. The molecule has 6 heteroatoms. The Labute approximate surface area is 300 Å². The van der Waals surface area contributed by atoms with E-state index in [0.717, 1.165) is 39.9 Å². The number of para-hydroxylation sites is 2. The first kappa shape index (κ1) is 33.2. The minimum atomic E-state index is -0.0790. The minimum Gasteiger partial charge on any atom is -0.347 e. The van der Waals surface area contributed by atoms with E-state index in [1.807, 2.05) is 6.08 Å². The molecule has 0 bridgehead atoms. The van der Waals surface area contributed by atoms with Crippen LogP contribution < -0.4 is 4.90 Å². The van der Waals surface area contributed by atoms with Crippen molar-refractivity contribution in [2.75, 3.05) is 19.0 Å². The van der Waals surface area contributed by atoms with Crippen LogP contribution in [-0.4, -0.2) is 34.6 Å². The lowest BCUT2D eigenvalue weighted by molar-refractivity contribution is -0.401. The first-order chi connectivity index (χ1) is 23.6. The Bertz CT molecular complexity index is 2090. The lowest BCUT2D eigenvalue weighted by Crippen LogP contribution is -2.26. The van der Waals surface area contributed by atoms with Gasteiger partial charge in [0.05, 0.1) is 5.41 Å². The topological polar surface area (TPSA) is 32.0 Å². The van der Waals surface area contributed by atoms with Crippen LogP contribution in [-0.2, 0) is 16.6 Å². The summed E-state index contributed by atoms with van der Waals surface area (Å²) in [5.74, 6) is 0.856. The molecule has 3 aliphatic rings. The van der Waals surface area contributed by atoms with Crippen molar-refractivity contribution in [3.05, 3.63) is 148 Å². The molecule has 0 saturated carbocycles. The number of fused-ring (bicyclic) bond motifs is 2. The second-order valence-electron chi connectivity index (χ2n) is 14.2. The van der Waals surface area contributed by atoms with Gasteiger partial charge in [0.15, 0.2) is 10.1 Å². The highest BCUT2D eigenvalue weighted by Crippen LogP contribution is 2.47. The molecule has 0 N–H and O–H groups in total. The molecule has 4 aromatic rings. The summed E-state index contributed by atoms with van der Waals surface area (Å²) in [6.45, 7) is 13.2. The van der Waals surface area contributed by atoms with Gasteiger partial charge in [-0.2, -0.15) is 4.58 Å². The molecular formula is C43H45N4S2+. The molecule has 4 nitrogen and oxygen atoms in total. The first-order valence-corrected chi connectivity index (χ1v) is 18.9. The highest BCUT2D eigenvalue weighted by Gasteiger charge is 2.42. The van der Waals surface area contributed by atoms with E-state index in [-0.39, 0.29) is 10.8 Å². The summed E-state index contributed by atoms with van der Waals surface area (Å²) in [7, 11) is 4.38. The summed E-state index contributed by atoms with van der Waals surface area (Å²) < 4.78 is 3.35. The van der Waals surface area contributed by atoms with E-state index in [9.17, 15) is 0 Å². The van der Waals surface area contributed by atoms with Gasteiger partial charge in [-0.15, -0.1) is 10.2 Å². The fraction of sp³-hybridized carbons (Fsp3) is 0.279. The van der Waals surface area contributed by atoms with E-state index in [4.69, 9.17) is 10.2 Å². The van der Waals surface area contributed by atoms with Crippen LogP contribution in [0.5, 0.6) is 0 Å². The van der Waals surface area contributed by atoms with Crippen molar-refractivity contribution >= 4 is 51.8 Å².